The van der Waals surface area contributed by atoms with Gasteiger partial charge >= 0.3 is 11.9 Å². The first kappa shape index (κ1) is 12.1. The lowest BCUT2D eigenvalue weighted by Gasteiger charge is -2.07. The number of rotatable bonds is 4. The van der Waals surface area contributed by atoms with Crippen LogP contribution in [0.3, 0.4) is 0 Å². The van der Waals surface area contributed by atoms with Crippen LogP contribution in [0.4, 0.5) is 0 Å². The van der Waals surface area contributed by atoms with E-state index in [1.165, 1.54) is 0 Å². The average Bonchev–Trinajstić information content (AvgIpc) is 2.35. The summed E-state index contributed by atoms with van der Waals surface area (Å²) in [6.45, 7) is 0. The van der Waals surface area contributed by atoms with E-state index in [0.29, 0.717) is 5.56 Å². The second kappa shape index (κ2) is 4.87. The Labute approximate surface area is 103 Å². The van der Waals surface area contributed by atoms with Crippen LogP contribution in [0, 0.1) is 0 Å². The summed E-state index contributed by atoms with van der Waals surface area (Å²) < 4.78 is 0. The summed E-state index contributed by atoms with van der Waals surface area (Å²) in [5, 5.41) is 19.6. The van der Waals surface area contributed by atoms with Gasteiger partial charge in [-0.2, -0.15) is 0 Å². The average molecular weight is 244 g/mol. The minimum absolute atomic E-state index is 0.0708. The molecule has 0 amide bonds. The summed E-state index contributed by atoms with van der Waals surface area (Å²) in [7, 11) is 0. The normalized spacial score (nSPS) is 10.4. The summed E-state index contributed by atoms with van der Waals surface area (Å²) >= 11 is 0. The molecule has 0 heterocycles. The third-order valence-electron chi connectivity index (χ3n) is 2.81. The van der Waals surface area contributed by atoms with Crippen LogP contribution in [0.5, 0.6) is 0 Å². The molecule has 4 heteroatoms. The monoisotopic (exact) mass is 244 g/mol. The molecule has 2 N–H and O–H groups in total. The maximum atomic E-state index is 11.2. The van der Waals surface area contributed by atoms with E-state index in [2.05, 4.69) is 0 Å². The number of aryl methyl sites for hydroxylation is 1. The second-order valence-corrected chi connectivity index (χ2v) is 4.06. The van der Waals surface area contributed by atoms with Crippen LogP contribution in [-0.2, 0) is 11.2 Å². The van der Waals surface area contributed by atoms with Gasteiger partial charge in [-0.1, -0.05) is 30.3 Å². The van der Waals surface area contributed by atoms with E-state index in [1.807, 2.05) is 24.3 Å². The minimum Gasteiger partial charge on any atom is -0.481 e. The number of fused-ring (bicyclic) bond motifs is 1. The van der Waals surface area contributed by atoms with Gasteiger partial charge in [-0.3, -0.25) is 4.79 Å². The third kappa shape index (κ3) is 2.48. The summed E-state index contributed by atoms with van der Waals surface area (Å²) in [5.74, 6) is -1.96. The highest BCUT2D eigenvalue weighted by atomic mass is 16.4. The number of carboxylic acids is 2. The van der Waals surface area contributed by atoms with Crippen molar-refractivity contribution in [3.63, 3.8) is 0 Å². The van der Waals surface area contributed by atoms with Crippen molar-refractivity contribution in [2.75, 3.05) is 0 Å². The van der Waals surface area contributed by atoms with Crippen molar-refractivity contribution in [2.24, 2.45) is 0 Å². The van der Waals surface area contributed by atoms with Gasteiger partial charge < -0.3 is 10.2 Å². The molecule has 0 spiro atoms. The van der Waals surface area contributed by atoms with Gasteiger partial charge in [0.15, 0.2) is 0 Å². The third-order valence-corrected chi connectivity index (χ3v) is 2.81. The molecule has 18 heavy (non-hydrogen) atoms. The van der Waals surface area contributed by atoms with Crippen molar-refractivity contribution in [1.29, 1.82) is 0 Å². The van der Waals surface area contributed by atoms with Crippen molar-refractivity contribution >= 4 is 22.7 Å². The molecule has 0 radical (unpaired) electrons. The first-order valence-electron chi connectivity index (χ1n) is 5.54. The van der Waals surface area contributed by atoms with E-state index in [4.69, 9.17) is 10.2 Å². The molecular weight excluding hydrogens is 232 g/mol. The van der Waals surface area contributed by atoms with E-state index in [1.54, 1.807) is 12.1 Å². The topological polar surface area (TPSA) is 74.6 Å². The van der Waals surface area contributed by atoms with Crippen LogP contribution in [0.15, 0.2) is 36.4 Å². The summed E-state index contributed by atoms with van der Waals surface area (Å²) in [4.78, 5) is 21.7. The fraction of sp³-hybridized carbons (Fsp3) is 0.143. The SMILES string of the molecule is O=C(O)CCc1cc2ccccc2cc1C(=O)O. The second-order valence-electron chi connectivity index (χ2n) is 4.06. The zero-order valence-electron chi connectivity index (χ0n) is 9.59. The lowest BCUT2D eigenvalue weighted by molar-refractivity contribution is -0.136. The molecule has 92 valence electrons. The molecule has 4 nitrogen and oxygen atoms in total. The predicted octanol–water partition coefficient (Wildman–Crippen LogP) is 2.56. The molecule has 0 saturated carbocycles. The molecule has 0 aliphatic carbocycles. The highest BCUT2D eigenvalue weighted by molar-refractivity contribution is 5.96. The molecular formula is C14H12O4. The molecule has 2 aromatic carbocycles. The summed E-state index contributed by atoms with van der Waals surface area (Å²) in [6, 6.07) is 10.8. The largest absolute Gasteiger partial charge is 0.481 e. The van der Waals surface area contributed by atoms with Crippen LogP contribution < -0.4 is 0 Å². The van der Waals surface area contributed by atoms with E-state index in [0.717, 1.165) is 10.8 Å². The van der Waals surface area contributed by atoms with Crippen molar-refractivity contribution in [1.82, 2.24) is 0 Å². The maximum Gasteiger partial charge on any atom is 0.335 e. The zero-order valence-corrected chi connectivity index (χ0v) is 9.59. The number of hydrogen-bond acceptors (Lipinski definition) is 2. The molecule has 0 fully saturated rings. The number of aliphatic carboxylic acids is 1. The smallest absolute Gasteiger partial charge is 0.335 e. The number of aromatic carboxylic acids is 1. The lowest BCUT2D eigenvalue weighted by atomic mass is 9.98. The van der Waals surface area contributed by atoms with Crippen LogP contribution in [0.1, 0.15) is 22.3 Å². The predicted molar refractivity (Wildman–Crippen MR) is 66.9 cm³/mol. The Morgan fingerprint density at radius 2 is 1.61 bits per heavy atom. The van der Waals surface area contributed by atoms with Crippen LogP contribution in [-0.4, -0.2) is 22.2 Å². The van der Waals surface area contributed by atoms with Gasteiger partial charge in [0.05, 0.1) is 5.56 Å². The maximum absolute atomic E-state index is 11.2. The van der Waals surface area contributed by atoms with Crippen molar-refractivity contribution in [3.8, 4) is 0 Å². The van der Waals surface area contributed by atoms with Gasteiger partial charge in [-0.15, -0.1) is 0 Å². The summed E-state index contributed by atoms with van der Waals surface area (Å²) in [5.41, 5.74) is 0.735. The fourth-order valence-electron chi connectivity index (χ4n) is 1.93. The standard InChI is InChI=1S/C14H12O4/c15-13(16)6-5-11-7-9-3-1-2-4-10(9)8-12(11)14(17)18/h1-4,7-8H,5-6H2,(H,15,16)(H,17,18). The molecule has 2 aromatic rings. The lowest BCUT2D eigenvalue weighted by Crippen LogP contribution is -2.05. The van der Waals surface area contributed by atoms with E-state index >= 15 is 0 Å². The Kier molecular flexibility index (Phi) is 3.28. The van der Waals surface area contributed by atoms with Crippen LogP contribution in [0.25, 0.3) is 10.8 Å². The van der Waals surface area contributed by atoms with Gasteiger partial charge in [0, 0.05) is 6.42 Å². The number of hydrogen-bond donors (Lipinski definition) is 2. The van der Waals surface area contributed by atoms with Gasteiger partial charge in [0.25, 0.3) is 0 Å². The minimum atomic E-state index is -1.03. The van der Waals surface area contributed by atoms with Gasteiger partial charge in [0.1, 0.15) is 0 Å². The Balaban J connectivity index is 2.50. The number of carbonyl (C=O) groups is 2. The first-order valence-corrected chi connectivity index (χ1v) is 5.54. The molecule has 0 atom stereocenters. The molecule has 0 aliphatic rings. The highest BCUT2D eigenvalue weighted by Gasteiger charge is 2.12. The quantitative estimate of drug-likeness (QED) is 0.866. The molecule has 0 saturated heterocycles. The van der Waals surface area contributed by atoms with Crippen LogP contribution >= 0.6 is 0 Å². The Morgan fingerprint density at radius 1 is 1.00 bits per heavy atom. The first-order chi connectivity index (χ1) is 8.58. The molecule has 0 bridgehead atoms. The zero-order chi connectivity index (χ0) is 13.1. The van der Waals surface area contributed by atoms with Gasteiger partial charge in [-0.05, 0) is 28.8 Å². The summed E-state index contributed by atoms with van der Waals surface area (Å²) in [6.07, 6.45) is 0.153. The Bertz CT molecular complexity index is 616. The van der Waals surface area contributed by atoms with E-state index < -0.39 is 11.9 Å². The van der Waals surface area contributed by atoms with Gasteiger partial charge in [-0.25, -0.2) is 4.79 Å². The Hall–Kier alpha value is -2.36. The van der Waals surface area contributed by atoms with E-state index in [-0.39, 0.29) is 18.4 Å². The number of carboxylic acid groups (broad SMARTS) is 2. The fourth-order valence-corrected chi connectivity index (χ4v) is 1.93. The van der Waals surface area contributed by atoms with Gasteiger partial charge in [0.2, 0.25) is 0 Å². The molecule has 2 rings (SSSR count). The van der Waals surface area contributed by atoms with Crippen molar-refractivity contribution in [2.45, 2.75) is 12.8 Å². The highest BCUT2D eigenvalue weighted by Crippen LogP contribution is 2.21. The Morgan fingerprint density at radius 3 is 2.17 bits per heavy atom. The van der Waals surface area contributed by atoms with Crippen molar-refractivity contribution in [3.05, 3.63) is 47.5 Å². The number of benzene rings is 2. The van der Waals surface area contributed by atoms with Crippen LogP contribution in [0.2, 0.25) is 0 Å². The molecule has 0 aromatic heterocycles. The van der Waals surface area contributed by atoms with E-state index in [9.17, 15) is 9.59 Å². The van der Waals surface area contributed by atoms with Crippen molar-refractivity contribution < 1.29 is 19.8 Å². The molecule has 0 unspecified atom stereocenters. The molecule has 0 aliphatic heterocycles.